The summed E-state index contributed by atoms with van der Waals surface area (Å²) in [5.41, 5.74) is 0. The summed E-state index contributed by atoms with van der Waals surface area (Å²) in [5, 5.41) is 0. The first kappa shape index (κ1) is 11.9. The van der Waals surface area contributed by atoms with Crippen LogP contribution in [-0.4, -0.2) is 12.8 Å². The molecule has 0 aliphatic heterocycles. The van der Waals surface area contributed by atoms with E-state index in [0.717, 1.165) is 0 Å². The molecule has 0 saturated carbocycles. The van der Waals surface area contributed by atoms with Crippen molar-refractivity contribution < 1.29 is 0 Å². The molecule has 0 spiro atoms. The summed E-state index contributed by atoms with van der Waals surface area (Å²) in [6.45, 7) is 4.51. The summed E-state index contributed by atoms with van der Waals surface area (Å²) in [5.74, 6) is 0. The van der Waals surface area contributed by atoms with Gasteiger partial charge >= 0.3 is 0 Å². The molecule has 0 bridgehead atoms. The van der Waals surface area contributed by atoms with Gasteiger partial charge in [-0.25, -0.2) is 0 Å². The summed E-state index contributed by atoms with van der Waals surface area (Å²) in [4.78, 5) is 0. The molecule has 0 saturated heterocycles. The van der Waals surface area contributed by atoms with E-state index in [1.165, 1.54) is 44.7 Å². The Morgan fingerprint density at radius 3 is 2.18 bits per heavy atom. The fraction of sp³-hybridized carbons (Fsp3) is 1.00. The molecule has 0 amide bonds. The molecule has 0 nitrogen and oxygen atoms in total. The molecule has 11 heavy (non-hydrogen) atoms. The first-order chi connectivity index (χ1) is 5.41. The van der Waals surface area contributed by atoms with Crippen LogP contribution in [0.1, 0.15) is 45.4 Å². The van der Waals surface area contributed by atoms with Crippen LogP contribution in [0.4, 0.5) is 0 Å². The van der Waals surface area contributed by atoms with E-state index in [-0.39, 0.29) is 0 Å². The lowest BCUT2D eigenvalue weighted by Crippen LogP contribution is -1.79. The molecule has 0 heterocycles. The SMILES string of the molecule is CCCCCCCC[P][P]C. The Bertz CT molecular complexity index is 56.6. The lowest BCUT2D eigenvalue weighted by Gasteiger charge is -1.98. The zero-order valence-corrected chi connectivity index (χ0v) is 9.63. The molecular weight excluding hydrogens is 170 g/mol. The van der Waals surface area contributed by atoms with E-state index in [1.54, 1.807) is 16.5 Å². The van der Waals surface area contributed by atoms with E-state index in [4.69, 9.17) is 0 Å². The molecule has 0 fully saturated rings. The third-order valence-electron chi connectivity index (χ3n) is 1.75. The van der Waals surface area contributed by atoms with Gasteiger partial charge in [0.05, 0.1) is 0 Å². The van der Waals surface area contributed by atoms with Gasteiger partial charge in [-0.2, -0.15) is 0 Å². The third kappa shape index (κ3) is 10.9. The maximum absolute atomic E-state index is 2.27. The molecule has 0 aromatic carbocycles. The summed E-state index contributed by atoms with van der Waals surface area (Å²) < 4.78 is 0. The zero-order chi connectivity index (χ0) is 8.36. The molecule has 0 aliphatic carbocycles. The fourth-order valence-corrected chi connectivity index (χ4v) is 2.65. The largest absolute Gasteiger partial charge is 0.0654 e. The van der Waals surface area contributed by atoms with Crippen molar-refractivity contribution in [3.63, 3.8) is 0 Å². The average molecular weight is 190 g/mol. The van der Waals surface area contributed by atoms with Crippen LogP contribution >= 0.6 is 16.5 Å². The van der Waals surface area contributed by atoms with Crippen molar-refractivity contribution in [3.8, 4) is 0 Å². The van der Waals surface area contributed by atoms with Gasteiger partial charge in [0.25, 0.3) is 0 Å². The highest BCUT2D eigenvalue weighted by Gasteiger charge is 1.89. The molecule has 0 N–H and O–H groups in total. The number of rotatable bonds is 8. The second-order valence-electron chi connectivity index (χ2n) is 2.83. The zero-order valence-electron chi connectivity index (χ0n) is 7.84. The van der Waals surface area contributed by atoms with Crippen LogP contribution < -0.4 is 0 Å². The first-order valence-corrected chi connectivity index (χ1v) is 7.80. The van der Waals surface area contributed by atoms with Gasteiger partial charge in [-0.05, 0) is 35.8 Å². The highest BCUT2D eigenvalue weighted by atomic mass is 32.0. The van der Waals surface area contributed by atoms with Gasteiger partial charge in [0.1, 0.15) is 0 Å². The fourth-order valence-electron chi connectivity index (χ4n) is 1.06. The minimum absolute atomic E-state index is 1.37. The normalized spacial score (nSPS) is 12.5. The molecule has 0 aromatic rings. The van der Waals surface area contributed by atoms with Crippen LogP contribution in [0.25, 0.3) is 0 Å². The highest BCUT2D eigenvalue weighted by molar-refractivity contribution is 8.11. The summed E-state index contributed by atoms with van der Waals surface area (Å²) in [6.07, 6.45) is 10.1. The van der Waals surface area contributed by atoms with Gasteiger partial charge in [-0.3, -0.25) is 0 Å². The second kappa shape index (κ2) is 10.9. The van der Waals surface area contributed by atoms with E-state index in [2.05, 4.69) is 13.6 Å². The Kier molecular flexibility index (Phi) is 11.7. The lowest BCUT2D eigenvalue weighted by molar-refractivity contribution is 0.627. The van der Waals surface area contributed by atoms with E-state index < -0.39 is 0 Å². The second-order valence-corrected chi connectivity index (χ2v) is 6.01. The van der Waals surface area contributed by atoms with E-state index in [0.29, 0.717) is 0 Å². The van der Waals surface area contributed by atoms with Crippen molar-refractivity contribution in [2.75, 3.05) is 12.8 Å². The Balaban J connectivity index is 2.69. The molecule has 2 heteroatoms. The van der Waals surface area contributed by atoms with E-state index >= 15 is 0 Å². The van der Waals surface area contributed by atoms with Crippen LogP contribution in [0, 0.1) is 0 Å². The van der Waals surface area contributed by atoms with Gasteiger partial charge in [0.2, 0.25) is 0 Å². The predicted molar refractivity (Wildman–Crippen MR) is 58.0 cm³/mol. The smallest absolute Gasteiger partial charge is 0.0242 e. The summed E-state index contributed by atoms with van der Waals surface area (Å²) in [6, 6.07) is 0. The standard InChI is InChI=1S/C9H20P2/c1-3-4-5-6-7-8-9-11-10-2/h3-9H2,1-2H3. The number of unbranched alkanes of at least 4 members (excludes halogenated alkanes) is 5. The quantitative estimate of drug-likeness (QED) is 0.381. The van der Waals surface area contributed by atoms with Gasteiger partial charge < -0.3 is 0 Å². The molecular formula is C9H20P2. The van der Waals surface area contributed by atoms with Crippen LogP contribution in [0.15, 0.2) is 0 Å². The van der Waals surface area contributed by atoms with Gasteiger partial charge in [0.15, 0.2) is 0 Å². The molecule has 0 atom stereocenters. The molecule has 0 rings (SSSR count). The lowest BCUT2D eigenvalue weighted by atomic mass is 10.1. The Labute approximate surface area is 75.4 Å². The number of hydrogen-bond donors (Lipinski definition) is 0. The average Bonchev–Trinajstić information content (AvgIpc) is 2.03. The van der Waals surface area contributed by atoms with Crippen LogP contribution in [0.5, 0.6) is 0 Å². The van der Waals surface area contributed by atoms with E-state index in [1.807, 2.05) is 0 Å². The maximum atomic E-state index is 2.27. The van der Waals surface area contributed by atoms with Crippen LogP contribution in [0.2, 0.25) is 0 Å². The Hall–Kier alpha value is 0.860. The summed E-state index contributed by atoms with van der Waals surface area (Å²) >= 11 is 0. The molecule has 2 radical (unpaired) electrons. The molecule has 66 valence electrons. The molecule has 0 aliphatic rings. The van der Waals surface area contributed by atoms with Crippen molar-refractivity contribution in [2.24, 2.45) is 0 Å². The molecule has 0 aromatic heterocycles. The highest BCUT2D eigenvalue weighted by Crippen LogP contribution is 2.33. The van der Waals surface area contributed by atoms with Crippen molar-refractivity contribution in [1.29, 1.82) is 0 Å². The minimum Gasteiger partial charge on any atom is -0.0654 e. The monoisotopic (exact) mass is 190 g/mol. The van der Waals surface area contributed by atoms with Crippen molar-refractivity contribution in [3.05, 3.63) is 0 Å². The van der Waals surface area contributed by atoms with Crippen LogP contribution in [0.3, 0.4) is 0 Å². The Morgan fingerprint density at radius 2 is 1.55 bits per heavy atom. The number of hydrogen-bond acceptors (Lipinski definition) is 0. The first-order valence-electron chi connectivity index (χ1n) is 4.67. The third-order valence-corrected chi connectivity index (χ3v) is 4.00. The maximum Gasteiger partial charge on any atom is -0.0242 e. The topological polar surface area (TPSA) is 0 Å². The molecule has 0 unspecified atom stereocenters. The Morgan fingerprint density at radius 1 is 0.909 bits per heavy atom. The van der Waals surface area contributed by atoms with Crippen LogP contribution in [-0.2, 0) is 0 Å². The predicted octanol–water partition coefficient (Wildman–Crippen LogP) is 4.78. The van der Waals surface area contributed by atoms with Crippen molar-refractivity contribution in [2.45, 2.75) is 45.4 Å². The van der Waals surface area contributed by atoms with Crippen molar-refractivity contribution >= 4 is 16.5 Å². The minimum atomic E-state index is 1.37. The summed E-state index contributed by atoms with van der Waals surface area (Å²) in [7, 11) is 3.16. The van der Waals surface area contributed by atoms with Gasteiger partial charge in [-0.15, -0.1) is 0 Å². The van der Waals surface area contributed by atoms with Gasteiger partial charge in [0, 0.05) is 0 Å². The van der Waals surface area contributed by atoms with E-state index in [9.17, 15) is 0 Å². The van der Waals surface area contributed by atoms with Crippen molar-refractivity contribution in [1.82, 2.24) is 0 Å². The van der Waals surface area contributed by atoms with Gasteiger partial charge in [-0.1, -0.05) is 39.0 Å².